The lowest BCUT2D eigenvalue weighted by Crippen LogP contribution is -2.38. The second-order valence-corrected chi connectivity index (χ2v) is 6.93. The molecule has 2 aromatic heterocycles. The van der Waals surface area contributed by atoms with Crippen molar-refractivity contribution in [3.05, 3.63) is 45.1 Å². The molecule has 1 aliphatic heterocycles. The van der Waals surface area contributed by atoms with Gasteiger partial charge in [-0.3, -0.25) is 4.79 Å². The van der Waals surface area contributed by atoms with Crippen molar-refractivity contribution in [2.24, 2.45) is 0 Å². The van der Waals surface area contributed by atoms with E-state index in [4.69, 9.17) is 0 Å². The molecule has 6 nitrogen and oxygen atoms in total. The minimum absolute atomic E-state index is 0.0174. The van der Waals surface area contributed by atoms with Crippen molar-refractivity contribution in [2.75, 3.05) is 11.4 Å². The molecule has 0 spiro atoms. The van der Waals surface area contributed by atoms with Crippen molar-refractivity contribution >= 4 is 5.95 Å². The van der Waals surface area contributed by atoms with E-state index in [0.717, 1.165) is 67.2 Å². The molecule has 24 heavy (non-hydrogen) atoms. The second kappa shape index (κ2) is 6.00. The zero-order valence-electron chi connectivity index (χ0n) is 14.3. The van der Waals surface area contributed by atoms with Gasteiger partial charge in [0.1, 0.15) is 0 Å². The molecule has 0 N–H and O–H groups in total. The zero-order chi connectivity index (χ0) is 16.7. The zero-order valence-corrected chi connectivity index (χ0v) is 14.3. The Morgan fingerprint density at radius 3 is 2.71 bits per heavy atom. The molecule has 0 bridgehead atoms. The summed E-state index contributed by atoms with van der Waals surface area (Å²) in [5, 5.41) is 4.62. The third-order valence-electron chi connectivity index (χ3n) is 5.01. The van der Waals surface area contributed by atoms with Gasteiger partial charge < -0.3 is 4.90 Å². The molecule has 1 atom stereocenters. The number of rotatable bonds is 3. The number of anilines is 1. The maximum Gasteiger partial charge on any atom is 0.267 e. The van der Waals surface area contributed by atoms with Crippen molar-refractivity contribution in [2.45, 2.75) is 58.5 Å². The Morgan fingerprint density at radius 1 is 1.12 bits per heavy atom. The van der Waals surface area contributed by atoms with Crippen LogP contribution in [0.1, 0.15) is 41.9 Å². The Balaban J connectivity index is 1.61. The lowest BCUT2D eigenvalue weighted by Gasteiger charge is -2.25. The predicted octanol–water partition coefficient (Wildman–Crippen LogP) is 1.81. The number of nitrogens with zero attached hydrogens (tertiary/aromatic N) is 5. The minimum atomic E-state index is 0.0174. The largest absolute Gasteiger partial charge is 0.336 e. The van der Waals surface area contributed by atoms with Gasteiger partial charge in [-0.1, -0.05) is 0 Å². The molecule has 2 aliphatic rings. The first-order chi connectivity index (χ1) is 11.6. The summed E-state index contributed by atoms with van der Waals surface area (Å²) in [4.78, 5) is 23.8. The molecular formula is C18H23N5O. The predicted molar refractivity (Wildman–Crippen MR) is 92.4 cm³/mol. The Kier molecular flexibility index (Phi) is 3.82. The molecule has 4 rings (SSSR count). The molecule has 1 aliphatic carbocycles. The van der Waals surface area contributed by atoms with Gasteiger partial charge in [0.05, 0.1) is 18.3 Å². The molecule has 126 valence electrons. The first-order valence-corrected chi connectivity index (χ1v) is 8.79. The summed E-state index contributed by atoms with van der Waals surface area (Å²) in [6.07, 6.45) is 5.23. The van der Waals surface area contributed by atoms with Gasteiger partial charge in [0.2, 0.25) is 5.95 Å². The molecule has 0 aromatic carbocycles. The molecule has 0 radical (unpaired) electrons. The van der Waals surface area contributed by atoms with E-state index >= 15 is 0 Å². The summed E-state index contributed by atoms with van der Waals surface area (Å²) in [6, 6.07) is 4.00. The van der Waals surface area contributed by atoms with Crippen LogP contribution in [0.3, 0.4) is 0 Å². The molecule has 1 saturated heterocycles. The van der Waals surface area contributed by atoms with Crippen molar-refractivity contribution in [3.63, 3.8) is 0 Å². The van der Waals surface area contributed by atoms with Gasteiger partial charge in [-0.2, -0.15) is 5.10 Å². The van der Waals surface area contributed by atoms with Crippen LogP contribution in [-0.2, 0) is 19.4 Å². The standard InChI is InChI=1S/C18H23N5O/c1-12-9-13(2)20-18(19-12)22-8-4-6-15(22)11-23-17(24)10-14-5-3-7-16(14)21-23/h9-10,15H,3-8,11H2,1-2H3. The Labute approximate surface area is 141 Å². The lowest BCUT2D eigenvalue weighted by atomic mass is 10.2. The topological polar surface area (TPSA) is 63.9 Å². The number of hydrogen-bond acceptors (Lipinski definition) is 5. The molecule has 1 fully saturated rings. The minimum Gasteiger partial charge on any atom is -0.336 e. The third-order valence-corrected chi connectivity index (χ3v) is 5.01. The fourth-order valence-electron chi connectivity index (χ4n) is 3.89. The van der Waals surface area contributed by atoms with Crippen molar-refractivity contribution < 1.29 is 0 Å². The van der Waals surface area contributed by atoms with Gasteiger partial charge in [0.25, 0.3) is 5.56 Å². The highest BCUT2D eigenvalue weighted by molar-refractivity contribution is 5.35. The quantitative estimate of drug-likeness (QED) is 0.861. The molecular weight excluding hydrogens is 302 g/mol. The van der Waals surface area contributed by atoms with Gasteiger partial charge in [-0.15, -0.1) is 0 Å². The van der Waals surface area contributed by atoms with Gasteiger partial charge in [0, 0.05) is 24.0 Å². The molecule has 6 heteroatoms. The average molecular weight is 325 g/mol. The van der Waals surface area contributed by atoms with Gasteiger partial charge in [-0.25, -0.2) is 14.6 Å². The molecule has 1 unspecified atom stereocenters. The van der Waals surface area contributed by atoms with Crippen LogP contribution >= 0.6 is 0 Å². The summed E-state index contributed by atoms with van der Waals surface area (Å²) in [5.74, 6) is 0.782. The molecule has 2 aromatic rings. The fourth-order valence-corrected chi connectivity index (χ4v) is 3.89. The highest BCUT2D eigenvalue weighted by Gasteiger charge is 2.28. The van der Waals surface area contributed by atoms with E-state index in [9.17, 15) is 4.79 Å². The summed E-state index contributed by atoms with van der Waals surface area (Å²) in [6.45, 7) is 5.54. The van der Waals surface area contributed by atoms with E-state index in [-0.39, 0.29) is 11.6 Å². The lowest BCUT2D eigenvalue weighted by molar-refractivity contribution is 0.479. The van der Waals surface area contributed by atoms with Crippen LogP contribution in [0, 0.1) is 13.8 Å². The van der Waals surface area contributed by atoms with E-state index < -0.39 is 0 Å². The molecule has 0 saturated carbocycles. The summed E-state index contributed by atoms with van der Waals surface area (Å²) in [7, 11) is 0. The van der Waals surface area contributed by atoms with Crippen LogP contribution in [0.15, 0.2) is 16.9 Å². The van der Waals surface area contributed by atoms with Gasteiger partial charge >= 0.3 is 0 Å². The fraction of sp³-hybridized carbons (Fsp3) is 0.556. The normalized spacial score (nSPS) is 19.8. The number of hydrogen-bond donors (Lipinski definition) is 0. The van der Waals surface area contributed by atoms with Gasteiger partial charge in [-0.05, 0) is 57.6 Å². The molecule has 0 amide bonds. The molecule has 3 heterocycles. The first kappa shape index (κ1) is 15.3. The second-order valence-electron chi connectivity index (χ2n) is 6.93. The number of aromatic nitrogens is 4. The highest BCUT2D eigenvalue weighted by Crippen LogP contribution is 2.24. The summed E-state index contributed by atoms with van der Waals surface area (Å²) < 4.78 is 1.65. The van der Waals surface area contributed by atoms with E-state index in [1.54, 1.807) is 10.7 Å². The van der Waals surface area contributed by atoms with Crippen LogP contribution in [0.25, 0.3) is 0 Å². The van der Waals surface area contributed by atoms with Crippen LogP contribution < -0.4 is 10.5 Å². The number of fused-ring (bicyclic) bond motifs is 1. The van der Waals surface area contributed by atoms with E-state index in [1.807, 2.05) is 19.9 Å². The highest BCUT2D eigenvalue weighted by atomic mass is 16.1. The Morgan fingerprint density at radius 2 is 1.92 bits per heavy atom. The average Bonchev–Trinajstić information content (AvgIpc) is 3.15. The van der Waals surface area contributed by atoms with Gasteiger partial charge in [0.15, 0.2) is 0 Å². The van der Waals surface area contributed by atoms with E-state index in [0.29, 0.717) is 6.54 Å². The SMILES string of the molecule is Cc1cc(C)nc(N2CCCC2Cn2nc3c(cc2=O)CCC3)n1. The first-order valence-electron chi connectivity index (χ1n) is 8.79. The van der Waals surface area contributed by atoms with Crippen LogP contribution in [0.2, 0.25) is 0 Å². The van der Waals surface area contributed by atoms with Crippen molar-refractivity contribution in [1.29, 1.82) is 0 Å². The van der Waals surface area contributed by atoms with Crippen molar-refractivity contribution in [3.8, 4) is 0 Å². The Hall–Kier alpha value is -2.24. The summed E-state index contributed by atoms with van der Waals surface area (Å²) in [5.41, 5.74) is 4.22. The Bertz CT molecular complexity index is 808. The third kappa shape index (κ3) is 2.81. The van der Waals surface area contributed by atoms with Crippen LogP contribution in [0.4, 0.5) is 5.95 Å². The monoisotopic (exact) mass is 325 g/mol. The summed E-state index contributed by atoms with van der Waals surface area (Å²) >= 11 is 0. The maximum absolute atomic E-state index is 12.4. The van der Waals surface area contributed by atoms with E-state index in [1.165, 1.54) is 0 Å². The van der Waals surface area contributed by atoms with E-state index in [2.05, 4.69) is 20.0 Å². The smallest absolute Gasteiger partial charge is 0.267 e. The maximum atomic E-state index is 12.4. The van der Waals surface area contributed by atoms with Crippen LogP contribution in [-0.4, -0.2) is 32.3 Å². The van der Waals surface area contributed by atoms with Crippen LogP contribution in [0.5, 0.6) is 0 Å². The van der Waals surface area contributed by atoms with Crippen molar-refractivity contribution in [1.82, 2.24) is 19.7 Å². The number of aryl methyl sites for hydroxylation is 4.